The molecule has 0 saturated carbocycles. The summed E-state index contributed by atoms with van der Waals surface area (Å²) >= 11 is 0. The summed E-state index contributed by atoms with van der Waals surface area (Å²) in [5.74, 6) is -2.48. The molecule has 5 heteroatoms. The molecule has 0 spiro atoms. The minimum atomic E-state index is -1.15. The lowest BCUT2D eigenvalue weighted by molar-refractivity contribution is -0.149. The topological polar surface area (TPSA) is 74.7 Å². The molecule has 2 aliphatic rings. The molecule has 0 aromatic rings. The summed E-state index contributed by atoms with van der Waals surface area (Å²) in [7, 11) is 0. The second-order valence-corrected chi connectivity index (χ2v) is 4.36. The standard InChI is InChI=1S/C11H13NO4/c1-6-2-3-7-8(4-6)11(16)12(10(7)15)5-9(13)14/h2,7-8H,3-5H2,1H3,(H,13,14)/t7-,8-/m1/s1. The van der Waals surface area contributed by atoms with Crippen molar-refractivity contribution in [2.45, 2.75) is 19.8 Å². The highest BCUT2D eigenvalue weighted by atomic mass is 16.4. The Morgan fingerprint density at radius 2 is 2.06 bits per heavy atom. The summed E-state index contributed by atoms with van der Waals surface area (Å²) in [5.41, 5.74) is 1.10. The molecule has 1 heterocycles. The Bertz CT molecular complexity index is 399. The summed E-state index contributed by atoms with van der Waals surface area (Å²) in [4.78, 5) is 35.1. The summed E-state index contributed by atoms with van der Waals surface area (Å²) in [6.45, 7) is 1.41. The van der Waals surface area contributed by atoms with Gasteiger partial charge in [0.1, 0.15) is 6.54 Å². The third-order valence-corrected chi connectivity index (χ3v) is 3.21. The first-order valence-electron chi connectivity index (χ1n) is 5.23. The van der Waals surface area contributed by atoms with Gasteiger partial charge in [-0.1, -0.05) is 11.6 Å². The van der Waals surface area contributed by atoms with E-state index in [0.29, 0.717) is 12.8 Å². The minimum Gasteiger partial charge on any atom is -0.480 e. The highest BCUT2D eigenvalue weighted by molar-refractivity contribution is 6.07. The summed E-state index contributed by atoms with van der Waals surface area (Å²) in [6.07, 6.45) is 3.08. The van der Waals surface area contributed by atoms with Gasteiger partial charge in [0.2, 0.25) is 11.8 Å². The number of allylic oxidation sites excluding steroid dienone is 2. The van der Waals surface area contributed by atoms with Crippen LogP contribution >= 0.6 is 0 Å². The largest absolute Gasteiger partial charge is 0.480 e. The van der Waals surface area contributed by atoms with Gasteiger partial charge in [-0.15, -0.1) is 0 Å². The minimum absolute atomic E-state index is 0.329. The maximum Gasteiger partial charge on any atom is 0.323 e. The monoisotopic (exact) mass is 223 g/mol. The second kappa shape index (κ2) is 3.73. The van der Waals surface area contributed by atoms with Crippen LogP contribution in [0.4, 0.5) is 0 Å². The fourth-order valence-corrected chi connectivity index (χ4v) is 2.40. The van der Waals surface area contributed by atoms with Gasteiger partial charge in [-0.3, -0.25) is 19.3 Å². The maximum atomic E-state index is 11.8. The number of carboxylic acid groups (broad SMARTS) is 1. The number of hydrogen-bond acceptors (Lipinski definition) is 3. The van der Waals surface area contributed by atoms with Gasteiger partial charge in [0.15, 0.2) is 0 Å². The molecule has 2 rings (SSSR count). The first kappa shape index (κ1) is 10.9. The number of rotatable bonds is 2. The maximum absolute atomic E-state index is 11.8. The molecule has 16 heavy (non-hydrogen) atoms. The number of imide groups is 1. The van der Waals surface area contributed by atoms with E-state index in [4.69, 9.17) is 5.11 Å². The zero-order chi connectivity index (χ0) is 11.9. The van der Waals surface area contributed by atoms with Crippen LogP contribution in [0.3, 0.4) is 0 Å². The molecular formula is C11H13NO4. The quantitative estimate of drug-likeness (QED) is 0.543. The van der Waals surface area contributed by atoms with E-state index in [0.717, 1.165) is 10.5 Å². The molecule has 1 N–H and O–H groups in total. The molecule has 1 saturated heterocycles. The van der Waals surface area contributed by atoms with Gasteiger partial charge in [0.05, 0.1) is 11.8 Å². The number of aliphatic carboxylic acids is 1. The van der Waals surface area contributed by atoms with E-state index in [1.807, 2.05) is 13.0 Å². The van der Waals surface area contributed by atoms with E-state index < -0.39 is 12.5 Å². The summed E-state index contributed by atoms with van der Waals surface area (Å²) < 4.78 is 0. The van der Waals surface area contributed by atoms with Crippen molar-refractivity contribution in [1.82, 2.24) is 4.90 Å². The predicted molar refractivity (Wildman–Crippen MR) is 54.3 cm³/mol. The number of likely N-dealkylation sites (tertiary alicyclic amines) is 1. The highest BCUT2D eigenvalue weighted by Crippen LogP contribution is 2.37. The SMILES string of the molecule is CC1=CC[C@H]2C(=O)N(CC(=O)O)C(=O)[C@@H]2C1. The number of carboxylic acids is 1. The normalized spacial score (nSPS) is 29.1. The first-order valence-corrected chi connectivity index (χ1v) is 5.23. The van der Waals surface area contributed by atoms with Crippen LogP contribution in [0.5, 0.6) is 0 Å². The first-order chi connectivity index (χ1) is 7.50. The van der Waals surface area contributed by atoms with Crippen LogP contribution in [0.15, 0.2) is 11.6 Å². The lowest BCUT2D eigenvalue weighted by Gasteiger charge is -2.19. The van der Waals surface area contributed by atoms with E-state index in [2.05, 4.69) is 0 Å². The molecule has 5 nitrogen and oxygen atoms in total. The number of hydrogen-bond donors (Lipinski definition) is 1. The Kier molecular flexibility index (Phi) is 2.53. The van der Waals surface area contributed by atoms with Crippen LogP contribution < -0.4 is 0 Å². The highest BCUT2D eigenvalue weighted by Gasteiger charge is 2.48. The number of fused-ring (bicyclic) bond motifs is 1. The molecule has 2 atom stereocenters. The van der Waals surface area contributed by atoms with Crippen molar-refractivity contribution in [1.29, 1.82) is 0 Å². The van der Waals surface area contributed by atoms with Crippen molar-refractivity contribution in [3.63, 3.8) is 0 Å². The zero-order valence-electron chi connectivity index (χ0n) is 8.97. The van der Waals surface area contributed by atoms with E-state index in [-0.39, 0.29) is 23.7 Å². The van der Waals surface area contributed by atoms with E-state index in [1.54, 1.807) is 0 Å². The zero-order valence-corrected chi connectivity index (χ0v) is 8.97. The average Bonchev–Trinajstić information content (AvgIpc) is 2.43. The second-order valence-electron chi connectivity index (χ2n) is 4.36. The Labute approximate surface area is 92.7 Å². The third kappa shape index (κ3) is 1.62. The van der Waals surface area contributed by atoms with Gasteiger partial charge in [-0.25, -0.2) is 0 Å². The van der Waals surface area contributed by atoms with Crippen molar-refractivity contribution in [3.05, 3.63) is 11.6 Å². The van der Waals surface area contributed by atoms with E-state index >= 15 is 0 Å². The van der Waals surface area contributed by atoms with E-state index in [9.17, 15) is 14.4 Å². The molecule has 1 fully saturated rings. The molecule has 0 radical (unpaired) electrons. The van der Waals surface area contributed by atoms with Crippen LogP contribution in [0, 0.1) is 11.8 Å². The average molecular weight is 223 g/mol. The fourth-order valence-electron chi connectivity index (χ4n) is 2.40. The van der Waals surface area contributed by atoms with Crippen LogP contribution in [0.1, 0.15) is 19.8 Å². The Morgan fingerprint density at radius 1 is 1.44 bits per heavy atom. The van der Waals surface area contributed by atoms with Crippen molar-refractivity contribution in [3.8, 4) is 0 Å². The van der Waals surface area contributed by atoms with Crippen LogP contribution in [0.2, 0.25) is 0 Å². The van der Waals surface area contributed by atoms with Crippen LogP contribution in [-0.2, 0) is 14.4 Å². The fraction of sp³-hybridized carbons (Fsp3) is 0.545. The number of nitrogens with zero attached hydrogens (tertiary/aromatic N) is 1. The van der Waals surface area contributed by atoms with Crippen molar-refractivity contribution in [2.24, 2.45) is 11.8 Å². The predicted octanol–water partition coefficient (Wildman–Crippen LogP) is 0.412. The van der Waals surface area contributed by atoms with Crippen LogP contribution in [-0.4, -0.2) is 34.3 Å². The number of carbonyl (C=O) groups excluding carboxylic acids is 2. The Morgan fingerprint density at radius 3 is 2.69 bits per heavy atom. The molecule has 2 amide bonds. The van der Waals surface area contributed by atoms with Gasteiger partial charge in [-0.05, 0) is 19.8 Å². The van der Waals surface area contributed by atoms with Gasteiger partial charge >= 0.3 is 5.97 Å². The van der Waals surface area contributed by atoms with Crippen molar-refractivity contribution < 1.29 is 19.5 Å². The molecule has 0 aromatic carbocycles. The smallest absolute Gasteiger partial charge is 0.323 e. The molecule has 1 aliphatic heterocycles. The van der Waals surface area contributed by atoms with Gasteiger partial charge in [0.25, 0.3) is 0 Å². The molecule has 0 unspecified atom stereocenters. The summed E-state index contributed by atoms with van der Waals surface area (Å²) in [6, 6.07) is 0. The molecule has 0 bridgehead atoms. The van der Waals surface area contributed by atoms with Gasteiger partial charge in [0, 0.05) is 0 Å². The van der Waals surface area contributed by atoms with E-state index in [1.165, 1.54) is 0 Å². The van der Waals surface area contributed by atoms with Crippen molar-refractivity contribution in [2.75, 3.05) is 6.54 Å². The molecule has 86 valence electrons. The third-order valence-electron chi connectivity index (χ3n) is 3.21. The van der Waals surface area contributed by atoms with Crippen LogP contribution in [0.25, 0.3) is 0 Å². The molecular weight excluding hydrogens is 210 g/mol. The van der Waals surface area contributed by atoms with Gasteiger partial charge in [-0.2, -0.15) is 0 Å². The Balaban J connectivity index is 2.21. The summed E-state index contributed by atoms with van der Waals surface area (Å²) in [5, 5.41) is 8.64. The molecule has 0 aromatic heterocycles. The van der Waals surface area contributed by atoms with Gasteiger partial charge < -0.3 is 5.11 Å². The Hall–Kier alpha value is -1.65. The lowest BCUT2D eigenvalue weighted by atomic mass is 9.82. The number of carbonyl (C=O) groups is 3. The number of amides is 2. The lowest BCUT2D eigenvalue weighted by Crippen LogP contribution is -2.35. The van der Waals surface area contributed by atoms with Crippen molar-refractivity contribution >= 4 is 17.8 Å². The molecule has 1 aliphatic carbocycles.